The Labute approximate surface area is 125 Å². The molecule has 6 heteroatoms. The number of rotatable bonds is 5. The van der Waals surface area contributed by atoms with Gasteiger partial charge < -0.3 is 9.47 Å². The molecule has 1 fully saturated rings. The van der Waals surface area contributed by atoms with Gasteiger partial charge in [-0.1, -0.05) is 0 Å². The second-order valence-electron chi connectivity index (χ2n) is 4.02. The minimum atomic E-state index is -0.299. The van der Waals surface area contributed by atoms with Crippen molar-refractivity contribution < 1.29 is 19.1 Å². The molecular weight excluding hydrogens is 296 g/mol. The molecule has 0 atom stereocenters. The van der Waals surface area contributed by atoms with Crippen molar-refractivity contribution in [3.63, 3.8) is 0 Å². The summed E-state index contributed by atoms with van der Waals surface area (Å²) >= 11 is 3.04. The molecule has 1 aromatic rings. The van der Waals surface area contributed by atoms with Gasteiger partial charge in [0.15, 0.2) is 5.78 Å². The number of hydrogen-bond acceptors (Lipinski definition) is 6. The highest BCUT2D eigenvalue weighted by molar-refractivity contribution is 8.37. The number of ether oxygens (including phenoxy) is 2. The maximum absolute atomic E-state index is 12.6. The Hall–Kier alpha value is -1.40. The third-order valence-electron chi connectivity index (χ3n) is 2.82. The number of hydrogen-bond donors (Lipinski definition) is 0. The lowest BCUT2D eigenvalue weighted by Crippen LogP contribution is -2.15. The molecular formula is C14H14O4S2. The molecule has 4 nitrogen and oxygen atoms in total. The number of allylic oxidation sites excluding steroid dienone is 1. The van der Waals surface area contributed by atoms with Crippen molar-refractivity contribution in [3.8, 4) is 11.5 Å². The van der Waals surface area contributed by atoms with E-state index >= 15 is 0 Å². The summed E-state index contributed by atoms with van der Waals surface area (Å²) in [5.41, 5.74) is 0.619. The molecule has 106 valence electrons. The average molecular weight is 310 g/mol. The average Bonchev–Trinajstić information content (AvgIpc) is 2.40. The number of carbonyl (C=O) groups excluding carboxylic acids is 2. The molecule has 0 amide bonds. The first-order valence-electron chi connectivity index (χ1n) is 5.86. The van der Waals surface area contributed by atoms with Crippen LogP contribution >= 0.6 is 23.5 Å². The van der Waals surface area contributed by atoms with E-state index in [9.17, 15) is 9.59 Å². The lowest BCUT2D eigenvalue weighted by molar-refractivity contribution is -0.113. The molecule has 1 saturated heterocycles. The third kappa shape index (κ3) is 2.86. The van der Waals surface area contributed by atoms with Crippen LogP contribution in [0.4, 0.5) is 0 Å². The van der Waals surface area contributed by atoms with Gasteiger partial charge in [-0.05, 0) is 19.1 Å². The van der Waals surface area contributed by atoms with Crippen LogP contribution in [0.5, 0.6) is 11.5 Å². The summed E-state index contributed by atoms with van der Waals surface area (Å²) in [5.74, 6) is 0.486. The van der Waals surface area contributed by atoms with Crippen molar-refractivity contribution >= 4 is 35.1 Å². The maximum atomic E-state index is 12.6. The molecule has 0 spiro atoms. The highest BCUT2D eigenvalue weighted by atomic mass is 32.3. The molecule has 1 aliphatic heterocycles. The lowest BCUT2D eigenvalue weighted by atomic mass is 10.0. The highest BCUT2D eigenvalue weighted by Gasteiger charge is 2.28. The topological polar surface area (TPSA) is 52.6 Å². The standard InChI is InChI=1S/C14H14O4S2/c1-8(15)12(14-19-7-20-14)13(16)10-5-4-9(17-2)6-11(10)18-3/h4-6H,7H2,1-3H3. The van der Waals surface area contributed by atoms with Crippen LogP contribution in [0, 0.1) is 0 Å². The fraction of sp³-hybridized carbons (Fsp3) is 0.286. The normalized spacial score (nSPS) is 13.4. The van der Waals surface area contributed by atoms with E-state index in [0.29, 0.717) is 17.1 Å². The first-order chi connectivity index (χ1) is 9.58. The minimum absolute atomic E-state index is 0.220. The van der Waals surface area contributed by atoms with E-state index in [2.05, 4.69) is 0 Å². The number of ketones is 2. The van der Waals surface area contributed by atoms with E-state index < -0.39 is 0 Å². The zero-order valence-electron chi connectivity index (χ0n) is 11.4. The highest BCUT2D eigenvalue weighted by Crippen LogP contribution is 2.46. The molecule has 0 bridgehead atoms. The number of Topliss-reactive ketones (excluding diaryl/α,β-unsaturated/α-hetero) is 2. The van der Waals surface area contributed by atoms with Gasteiger partial charge in [0, 0.05) is 11.2 Å². The minimum Gasteiger partial charge on any atom is -0.497 e. The van der Waals surface area contributed by atoms with Gasteiger partial charge >= 0.3 is 0 Å². The number of benzene rings is 1. The molecule has 0 unspecified atom stereocenters. The SMILES string of the molecule is COc1ccc(C(=O)C(C(C)=O)=C2SCS2)c(OC)c1. The molecule has 0 N–H and O–H groups in total. The van der Waals surface area contributed by atoms with Crippen molar-refractivity contribution in [1.29, 1.82) is 0 Å². The Morgan fingerprint density at radius 2 is 1.85 bits per heavy atom. The number of methoxy groups -OCH3 is 2. The summed E-state index contributed by atoms with van der Waals surface area (Å²) in [6.45, 7) is 1.41. The van der Waals surface area contributed by atoms with Crippen molar-refractivity contribution in [1.82, 2.24) is 0 Å². The van der Waals surface area contributed by atoms with Gasteiger partial charge in [-0.25, -0.2) is 0 Å². The summed E-state index contributed by atoms with van der Waals surface area (Å²) in [5, 5.41) is 0.874. The molecule has 0 aliphatic carbocycles. The van der Waals surface area contributed by atoms with Crippen LogP contribution in [-0.2, 0) is 4.79 Å². The van der Waals surface area contributed by atoms with Crippen LogP contribution in [0.2, 0.25) is 0 Å². The Kier molecular flexibility index (Phi) is 4.77. The van der Waals surface area contributed by atoms with E-state index in [0.717, 1.165) is 9.32 Å². The zero-order chi connectivity index (χ0) is 14.7. The van der Waals surface area contributed by atoms with Gasteiger partial charge in [0.2, 0.25) is 5.78 Å². The fourth-order valence-electron chi connectivity index (χ4n) is 1.78. The molecule has 2 rings (SSSR count). The summed E-state index contributed by atoms with van der Waals surface area (Å²) in [4.78, 5) is 24.3. The number of thioether (sulfide) groups is 2. The van der Waals surface area contributed by atoms with E-state index in [1.54, 1.807) is 25.3 Å². The Morgan fingerprint density at radius 3 is 2.30 bits per heavy atom. The van der Waals surface area contributed by atoms with Gasteiger partial charge in [0.25, 0.3) is 0 Å². The zero-order valence-corrected chi connectivity index (χ0v) is 13.0. The first-order valence-corrected chi connectivity index (χ1v) is 7.83. The Balaban J connectivity index is 2.44. The van der Waals surface area contributed by atoms with E-state index in [1.165, 1.54) is 37.6 Å². The third-order valence-corrected chi connectivity index (χ3v) is 5.40. The largest absolute Gasteiger partial charge is 0.497 e. The van der Waals surface area contributed by atoms with Crippen LogP contribution in [0.3, 0.4) is 0 Å². The summed E-state index contributed by atoms with van der Waals surface area (Å²) < 4.78 is 11.1. The summed E-state index contributed by atoms with van der Waals surface area (Å²) in [7, 11) is 3.03. The quantitative estimate of drug-likeness (QED) is 0.360. The van der Waals surface area contributed by atoms with Crippen molar-refractivity contribution in [2.75, 3.05) is 19.3 Å². The van der Waals surface area contributed by atoms with E-state index in [1.807, 2.05) is 0 Å². The van der Waals surface area contributed by atoms with Gasteiger partial charge in [-0.15, -0.1) is 23.5 Å². The predicted octanol–water partition coefficient (Wildman–Crippen LogP) is 3.12. The van der Waals surface area contributed by atoms with Crippen LogP contribution in [0.15, 0.2) is 28.0 Å². The molecule has 0 aromatic heterocycles. The van der Waals surface area contributed by atoms with Crippen molar-refractivity contribution in [2.24, 2.45) is 0 Å². The molecule has 1 heterocycles. The molecule has 0 radical (unpaired) electrons. The van der Waals surface area contributed by atoms with Gasteiger partial charge in [-0.2, -0.15) is 0 Å². The Morgan fingerprint density at radius 1 is 1.15 bits per heavy atom. The second-order valence-corrected chi connectivity index (χ2v) is 6.62. The summed E-state index contributed by atoms with van der Waals surface area (Å²) in [6, 6.07) is 4.94. The number of carbonyl (C=O) groups is 2. The first kappa shape index (κ1) is 15.0. The fourth-order valence-corrected chi connectivity index (χ4v) is 3.48. The van der Waals surface area contributed by atoms with Gasteiger partial charge in [0.1, 0.15) is 11.5 Å². The van der Waals surface area contributed by atoms with Crippen molar-refractivity contribution in [3.05, 3.63) is 33.6 Å². The monoisotopic (exact) mass is 310 g/mol. The predicted molar refractivity (Wildman–Crippen MR) is 81.6 cm³/mol. The molecule has 1 aromatic carbocycles. The van der Waals surface area contributed by atoms with Crippen LogP contribution < -0.4 is 9.47 Å². The van der Waals surface area contributed by atoms with Crippen LogP contribution in [0.1, 0.15) is 17.3 Å². The summed E-state index contributed by atoms with van der Waals surface area (Å²) in [6.07, 6.45) is 0. The second kappa shape index (κ2) is 6.37. The molecule has 0 saturated carbocycles. The van der Waals surface area contributed by atoms with Crippen LogP contribution in [0.25, 0.3) is 0 Å². The van der Waals surface area contributed by atoms with Crippen molar-refractivity contribution in [2.45, 2.75) is 6.92 Å². The van der Waals surface area contributed by atoms with E-state index in [4.69, 9.17) is 9.47 Å². The van der Waals surface area contributed by atoms with E-state index in [-0.39, 0.29) is 17.1 Å². The van der Waals surface area contributed by atoms with Crippen LogP contribution in [-0.4, -0.2) is 30.9 Å². The molecule has 20 heavy (non-hydrogen) atoms. The molecule has 1 aliphatic rings. The smallest absolute Gasteiger partial charge is 0.201 e. The van der Waals surface area contributed by atoms with Gasteiger partial charge in [-0.3, -0.25) is 9.59 Å². The Bertz CT molecular complexity index is 587. The maximum Gasteiger partial charge on any atom is 0.201 e. The lowest BCUT2D eigenvalue weighted by Gasteiger charge is -2.19. The van der Waals surface area contributed by atoms with Gasteiger partial charge in [0.05, 0.1) is 29.6 Å².